The molecule has 0 aromatic carbocycles. The zero-order valence-corrected chi connectivity index (χ0v) is 16.3. The number of rotatable bonds is 5. The number of carbonyl (C=O) groups is 3. The molecule has 1 fully saturated rings. The Kier molecular flexibility index (Phi) is 6.43. The van der Waals surface area contributed by atoms with Crippen LogP contribution in [-0.2, 0) is 26.9 Å². The Labute approximate surface area is 165 Å². The summed E-state index contributed by atoms with van der Waals surface area (Å²) in [6, 6.07) is -2.11. The molecule has 1 saturated heterocycles. The van der Waals surface area contributed by atoms with E-state index in [1.54, 1.807) is 20.8 Å². The van der Waals surface area contributed by atoms with Gasteiger partial charge in [0, 0.05) is 24.9 Å². The lowest BCUT2D eigenvalue weighted by Gasteiger charge is -2.28. The van der Waals surface area contributed by atoms with Gasteiger partial charge in [-0.05, 0) is 33.6 Å². The lowest BCUT2D eigenvalue weighted by molar-refractivity contribution is -0.144. The van der Waals surface area contributed by atoms with Crippen LogP contribution in [0.15, 0.2) is 6.20 Å². The van der Waals surface area contributed by atoms with Crippen LogP contribution in [0.4, 0.5) is 18.0 Å². The molecule has 1 aliphatic rings. The van der Waals surface area contributed by atoms with Crippen LogP contribution in [0.1, 0.15) is 45.1 Å². The highest BCUT2D eigenvalue weighted by Crippen LogP contribution is 2.26. The van der Waals surface area contributed by atoms with E-state index >= 15 is 0 Å². The number of aromatic amines is 1. The molecule has 0 bridgehead atoms. The van der Waals surface area contributed by atoms with Crippen LogP contribution in [0.3, 0.4) is 0 Å². The van der Waals surface area contributed by atoms with Crippen molar-refractivity contribution in [3.05, 3.63) is 17.7 Å². The molecule has 1 aromatic rings. The number of likely N-dealkylation sites (tertiary alicyclic amines) is 1. The standard InChI is InChI=1S/C17H24F3N5O4/c1-16(2,3)29-15(28)24-10(7-9-8-22-14(23-9)17(18,19)20)13(27)25-6-4-5-11(25)12(21)26/h8,10-11H,4-7H2,1-3H3,(H2,21,26)(H,22,23)(H,24,28). The van der Waals surface area contributed by atoms with E-state index in [0.717, 1.165) is 6.20 Å². The summed E-state index contributed by atoms with van der Waals surface area (Å²) >= 11 is 0. The summed E-state index contributed by atoms with van der Waals surface area (Å²) < 4.78 is 43.4. The molecule has 1 aliphatic heterocycles. The zero-order valence-electron chi connectivity index (χ0n) is 16.3. The van der Waals surface area contributed by atoms with Gasteiger partial charge in [0.1, 0.15) is 17.7 Å². The third-order valence-electron chi connectivity index (χ3n) is 4.17. The number of nitrogens with one attached hydrogen (secondary N) is 2. The van der Waals surface area contributed by atoms with Crippen LogP contribution in [0.25, 0.3) is 0 Å². The smallest absolute Gasteiger partial charge is 0.444 e. The van der Waals surface area contributed by atoms with Gasteiger partial charge in [-0.15, -0.1) is 0 Å². The molecule has 2 heterocycles. The van der Waals surface area contributed by atoms with Crippen LogP contribution in [0, 0.1) is 0 Å². The summed E-state index contributed by atoms with van der Waals surface area (Å²) in [7, 11) is 0. The first-order valence-corrected chi connectivity index (χ1v) is 8.98. The van der Waals surface area contributed by atoms with Gasteiger partial charge in [-0.25, -0.2) is 9.78 Å². The topological polar surface area (TPSA) is 130 Å². The lowest BCUT2D eigenvalue weighted by atomic mass is 10.1. The number of H-pyrrole nitrogens is 1. The fourth-order valence-electron chi connectivity index (χ4n) is 3.00. The first-order chi connectivity index (χ1) is 13.3. The number of halogens is 3. The predicted octanol–water partition coefficient (Wildman–Crippen LogP) is 1.34. The number of nitrogens with two attached hydrogens (primary N) is 1. The number of ether oxygens (including phenoxy) is 1. The molecule has 2 unspecified atom stereocenters. The van der Waals surface area contributed by atoms with E-state index in [1.807, 2.05) is 0 Å². The van der Waals surface area contributed by atoms with E-state index in [2.05, 4.69) is 15.3 Å². The van der Waals surface area contributed by atoms with Crippen molar-refractivity contribution in [2.75, 3.05) is 6.54 Å². The summed E-state index contributed by atoms with van der Waals surface area (Å²) in [6.45, 7) is 5.11. The largest absolute Gasteiger partial charge is 0.449 e. The molecule has 12 heteroatoms. The van der Waals surface area contributed by atoms with Crippen LogP contribution in [0.2, 0.25) is 0 Å². The number of amides is 3. The Hall–Kier alpha value is -2.79. The van der Waals surface area contributed by atoms with Gasteiger partial charge in [0.05, 0.1) is 0 Å². The van der Waals surface area contributed by atoms with Crippen LogP contribution >= 0.6 is 0 Å². The number of alkyl carbamates (subject to hydrolysis) is 1. The van der Waals surface area contributed by atoms with Gasteiger partial charge < -0.3 is 25.7 Å². The lowest BCUT2D eigenvalue weighted by Crippen LogP contribution is -2.54. The first kappa shape index (κ1) is 22.5. The van der Waals surface area contributed by atoms with Crippen LogP contribution in [-0.4, -0.2) is 57.0 Å². The molecular formula is C17H24F3N5O4. The third kappa shape index (κ3) is 6.09. The Morgan fingerprint density at radius 3 is 2.55 bits per heavy atom. The summed E-state index contributed by atoms with van der Waals surface area (Å²) in [6.07, 6.45) is -4.04. The number of primary amides is 1. The highest BCUT2D eigenvalue weighted by atomic mass is 19.4. The number of carbonyl (C=O) groups excluding carboxylic acids is 3. The molecule has 29 heavy (non-hydrogen) atoms. The Morgan fingerprint density at radius 2 is 2.03 bits per heavy atom. The normalized spacial score (nSPS) is 18.4. The molecule has 2 rings (SSSR count). The average molecular weight is 419 g/mol. The number of nitrogens with zero attached hydrogens (tertiary/aromatic N) is 2. The molecule has 0 radical (unpaired) electrons. The minimum atomic E-state index is -4.68. The monoisotopic (exact) mass is 419 g/mol. The summed E-state index contributed by atoms with van der Waals surface area (Å²) in [4.78, 5) is 43.3. The maximum Gasteiger partial charge on any atom is 0.449 e. The first-order valence-electron chi connectivity index (χ1n) is 8.98. The second-order valence-electron chi connectivity index (χ2n) is 7.75. The van der Waals surface area contributed by atoms with E-state index < -0.39 is 47.6 Å². The zero-order chi connectivity index (χ0) is 22.0. The number of hydrogen-bond donors (Lipinski definition) is 3. The van der Waals surface area contributed by atoms with Gasteiger partial charge in [0.15, 0.2) is 0 Å². The molecule has 0 saturated carbocycles. The van der Waals surface area contributed by atoms with E-state index in [1.165, 1.54) is 4.90 Å². The molecule has 162 valence electrons. The van der Waals surface area contributed by atoms with Crippen molar-refractivity contribution >= 4 is 17.9 Å². The maximum absolute atomic E-state index is 13.0. The molecule has 0 spiro atoms. The van der Waals surface area contributed by atoms with Gasteiger partial charge >= 0.3 is 12.3 Å². The van der Waals surface area contributed by atoms with Crippen LogP contribution < -0.4 is 11.1 Å². The third-order valence-corrected chi connectivity index (χ3v) is 4.17. The Bertz CT molecular complexity index is 772. The SMILES string of the molecule is CC(C)(C)OC(=O)NC(Cc1cnc(C(F)(F)F)[nH]1)C(=O)N1CCCC1C(N)=O. The minimum absolute atomic E-state index is 0.0124. The second-order valence-corrected chi connectivity index (χ2v) is 7.75. The fourth-order valence-corrected chi connectivity index (χ4v) is 3.00. The maximum atomic E-state index is 13.0. The number of aromatic nitrogens is 2. The van der Waals surface area contributed by atoms with Crippen molar-refractivity contribution in [1.82, 2.24) is 20.2 Å². The minimum Gasteiger partial charge on any atom is -0.444 e. The van der Waals surface area contributed by atoms with Crippen molar-refractivity contribution < 1.29 is 32.3 Å². The van der Waals surface area contributed by atoms with E-state index in [9.17, 15) is 27.6 Å². The molecule has 3 amide bonds. The van der Waals surface area contributed by atoms with Gasteiger partial charge in [0.25, 0.3) is 0 Å². The molecule has 2 atom stereocenters. The molecule has 9 nitrogen and oxygen atoms in total. The highest BCUT2D eigenvalue weighted by molar-refractivity contribution is 5.91. The fraction of sp³-hybridized carbons (Fsp3) is 0.647. The quantitative estimate of drug-likeness (QED) is 0.663. The van der Waals surface area contributed by atoms with Gasteiger partial charge in [0.2, 0.25) is 17.6 Å². The van der Waals surface area contributed by atoms with Gasteiger partial charge in [-0.1, -0.05) is 0 Å². The molecule has 0 aliphatic carbocycles. The molecular weight excluding hydrogens is 395 g/mol. The second kappa shape index (κ2) is 8.29. The van der Waals surface area contributed by atoms with E-state index in [4.69, 9.17) is 10.5 Å². The summed E-state index contributed by atoms with van der Waals surface area (Å²) in [5, 5.41) is 2.37. The van der Waals surface area contributed by atoms with Crippen molar-refractivity contribution in [2.45, 2.75) is 63.9 Å². The Balaban J connectivity index is 2.23. The highest BCUT2D eigenvalue weighted by Gasteiger charge is 2.38. The number of hydrogen-bond acceptors (Lipinski definition) is 5. The summed E-state index contributed by atoms with van der Waals surface area (Å²) in [5.74, 6) is -2.54. The molecule has 4 N–H and O–H groups in total. The molecule has 1 aromatic heterocycles. The average Bonchev–Trinajstić information content (AvgIpc) is 3.20. The van der Waals surface area contributed by atoms with Crippen molar-refractivity contribution in [3.63, 3.8) is 0 Å². The van der Waals surface area contributed by atoms with E-state index in [0.29, 0.717) is 12.8 Å². The number of imidazole rings is 1. The van der Waals surface area contributed by atoms with Gasteiger partial charge in [-0.3, -0.25) is 9.59 Å². The van der Waals surface area contributed by atoms with Crippen molar-refractivity contribution in [3.8, 4) is 0 Å². The predicted molar refractivity (Wildman–Crippen MR) is 94.4 cm³/mol. The van der Waals surface area contributed by atoms with Gasteiger partial charge in [-0.2, -0.15) is 13.2 Å². The van der Waals surface area contributed by atoms with Crippen molar-refractivity contribution in [2.24, 2.45) is 5.73 Å². The van der Waals surface area contributed by atoms with Crippen molar-refractivity contribution in [1.29, 1.82) is 0 Å². The van der Waals surface area contributed by atoms with E-state index in [-0.39, 0.29) is 18.7 Å². The summed E-state index contributed by atoms with van der Waals surface area (Å²) in [5.41, 5.74) is 4.47. The number of alkyl halides is 3. The Morgan fingerprint density at radius 1 is 1.38 bits per heavy atom. The van der Waals surface area contributed by atoms with Crippen LogP contribution in [0.5, 0.6) is 0 Å².